The molecule has 0 heterocycles. The minimum atomic E-state index is -3.98. The first-order chi connectivity index (χ1) is 7.74. The van der Waals surface area contributed by atoms with Gasteiger partial charge in [0.2, 0.25) is 0 Å². The molecule has 1 aromatic carbocycles. The fourth-order valence-electron chi connectivity index (χ4n) is 0.956. The third kappa shape index (κ3) is 3.31. The summed E-state index contributed by atoms with van der Waals surface area (Å²) in [4.78, 5) is 1.12. The van der Waals surface area contributed by atoms with E-state index in [9.17, 15) is 12.8 Å². The first kappa shape index (κ1) is 13.7. The lowest BCUT2D eigenvalue weighted by molar-refractivity contribution is 0.594. The second-order valence-electron chi connectivity index (χ2n) is 3.46. The van der Waals surface area contributed by atoms with Crippen LogP contribution >= 0.6 is 11.6 Å². The summed E-state index contributed by atoms with van der Waals surface area (Å²) >= 11 is 5.64. The van der Waals surface area contributed by atoms with Crippen LogP contribution in [0.2, 0.25) is 5.02 Å². The molecule has 0 spiro atoms. The standard InChI is InChI=1S/C9H11ClFN3O2S/c1-14(2)5-13-17(15,16)9-4-8(12)7(11)3-6(9)10/h3-5H,12H2,1-2H3. The zero-order valence-electron chi connectivity index (χ0n) is 9.18. The second-order valence-corrected chi connectivity index (χ2v) is 5.47. The average molecular weight is 280 g/mol. The van der Waals surface area contributed by atoms with Gasteiger partial charge in [0.1, 0.15) is 17.1 Å². The van der Waals surface area contributed by atoms with Crippen LogP contribution in [-0.2, 0) is 10.0 Å². The van der Waals surface area contributed by atoms with Gasteiger partial charge in [-0.2, -0.15) is 8.42 Å². The van der Waals surface area contributed by atoms with Gasteiger partial charge in [-0.25, -0.2) is 4.39 Å². The van der Waals surface area contributed by atoms with E-state index in [1.54, 1.807) is 14.1 Å². The molecular formula is C9H11ClFN3O2S. The Kier molecular flexibility index (Phi) is 3.94. The number of hydrogen-bond acceptors (Lipinski definition) is 3. The molecule has 0 aromatic heterocycles. The van der Waals surface area contributed by atoms with E-state index in [0.717, 1.165) is 18.5 Å². The Morgan fingerprint density at radius 3 is 2.59 bits per heavy atom. The average Bonchev–Trinajstić information content (AvgIpc) is 2.20. The molecule has 0 amide bonds. The summed E-state index contributed by atoms with van der Waals surface area (Å²) in [5, 5.41) is -0.257. The first-order valence-corrected chi connectivity index (χ1v) is 6.27. The van der Waals surface area contributed by atoms with Gasteiger partial charge in [-0.05, 0) is 12.1 Å². The van der Waals surface area contributed by atoms with Crippen molar-refractivity contribution in [3.05, 3.63) is 23.0 Å². The van der Waals surface area contributed by atoms with Gasteiger partial charge in [0.25, 0.3) is 10.0 Å². The molecule has 0 bridgehead atoms. The summed E-state index contributed by atoms with van der Waals surface area (Å²) in [5.74, 6) is -0.773. The number of nitrogen functional groups attached to an aromatic ring is 1. The largest absolute Gasteiger partial charge is 0.396 e. The Labute approximate surface area is 104 Å². The van der Waals surface area contributed by atoms with Crippen molar-refractivity contribution in [3.8, 4) is 0 Å². The van der Waals surface area contributed by atoms with Crippen LogP contribution in [0.15, 0.2) is 21.4 Å². The highest BCUT2D eigenvalue weighted by Crippen LogP contribution is 2.27. The van der Waals surface area contributed by atoms with Crippen molar-refractivity contribution in [1.29, 1.82) is 0 Å². The Balaban J connectivity index is 3.30. The zero-order chi connectivity index (χ0) is 13.2. The van der Waals surface area contributed by atoms with Gasteiger partial charge in [-0.1, -0.05) is 11.6 Å². The van der Waals surface area contributed by atoms with Gasteiger partial charge in [0.05, 0.1) is 10.7 Å². The van der Waals surface area contributed by atoms with Gasteiger partial charge >= 0.3 is 0 Å². The summed E-state index contributed by atoms with van der Waals surface area (Å²) in [6.45, 7) is 0. The first-order valence-electron chi connectivity index (χ1n) is 4.45. The molecule has 17 heavy (non-hydrogen) atoms. The van der Waals surface area contributed by atoms with Crippen LogP contribution in [0.1, 0.15) is 0 Å². The topological polar surface area (TPSA) is 75.8 Å². The van der Waals surface area contributed by atoms with E-state index >= 15 is 0 Å². The van der Waals surface area contributed by atoms with Crippen LogP contribution < -0.4 is 5.73 Å². The molecule has 0 saturated heterocycles. The van der Waals surface area contributed by atoms with Crippen LogP contribution in [0.4, 0.5) is 10.1 Å². The smallest absolute Gasteiger partial charge is 0.285 e. The molecule has 0 aliphatic carbocycles. The molecular weight excluding hydrogens is 269 g/mol. The maximum absolute atomic E-state index is 13.0. The highest BCUT2D eigenvalue weighted by atomic mass is 35.5. The fourth-order valence-corrected chi connectivity index (χ4v) is 2.41. The van der Waals surface area contributed by atoms with E-state index in [2.05, 4.69) is 4.40 Å². The van der Waals surface area contributed by atoms with E-state index in [4.69, 9.17) is 17.3 Å². The Morgan fingerprint density at radius 1 is 1.47 bits per heavy atom. The normalized spacial score (nSPS) is 12.0. The number of nitrogens with zero attached hydrogens (tertiary/aromatic N) is 2. The van der Waals surface area contributed by atoms with Crippen molar-refractivity contribution in [2.75, 3.05) is 19.8 Å². The van der Waals surface area contributed by atoms with Gasteiger partial charge < -0.3 is 10.6 Å². The minimum absolute atomic E-state index is 0.257. The summed E-state index contributed by atoms with van der Waals surface area (Å²) in [5.41, 5.74) is 4.98. The van der Waals surface area contributed by atoms with E-state index in [1.807, 2.05) is 0 Å². The van der Waals surface area contributed by atoms with Crippen molar-refractivity contribution in [2.45, 2.75) is 4.90 Å². The van der Waals surface area contributed by atoms with Gasteiger partial charge in [0, 0.05) is 14.1 Å². The van der Waals surface area contributed by atoms with Crippen LogP contribution in [0.25, 0.3) is 0 Å². The lowest BCUT2D eigenvalue weighted by atomic mass is 10.3. The van der Waals surface area contributed by atoms with Crippen molar-refractivity contribution in [3.63, 3.8) is 0 Å². The molecule has 0 radical (unpaired) electrons. The molecule has 8 heteroatoms. The number of sulfonamides is 1. The number of nitrogens with two attached hydrogens (primary N) is 1. The monoisotopic (exact) mass is 279 g/mol. The minimum Gasteiger partial charge on any atom is -0.396 e. The van der Waals surface area contributed by atoms with Crippen molar-refractivity contribution in [2.24, 2.45) is 4.40 Å². The van der Waals surface area contributed by atoms with E-state index in [0.29, 0.717) is 0 Å². The lowest BCUT2D eigenvalue weighted by Gasteiger charge is -2.06. The second kappa shape index (κ2) is 4.89. The molecule has 5 nitrogen and oxygen atoms in total. The summed E-state index contributed by atoms with van der Waals surface area (Å²) in [6.07, 6.45) is 1.10. The van der Waals surface area contributed by atoms with Crippen LogP contribution in [0, 0.1) is 5.82 Å². The fraction of sp³-hybridized carbons (Fsp3) is 0.222. The highest BCUT2D eigenvalue weighted by Gasteiger charge is 2.18. The third-order valence-electron chi connectivity index (χ3n) is 1.75. The van der Waals surface area contributed by atoms with Crippen molar-refractivity contribution >= 4 is 33.7 Å². The van der Waals surface area contributed by atoms with Crippen molar-refractivity contribution < 1.29 is 12.8 Å². The highest BCUT2D eigenvalue weighted by molar-refractivity contribution is 7.90. The van der Waals surface area contributed by atoms with Crippen LogP contribution in [0.3, 0.4) is 0 Å². The van der Waals surface area contributed by atoms with E-state index in [1.165, 1.54) is 4.90 Å². The SMILES string of the molecule is CN(C)C=NS(=O)(=O)c1cc(N)c(F)cc1Cl. The molecule has 0 aliphatic heterocycles. The molecule has 0 atom stereocenters. The Hall–Kier alpha value is -1.34. The lowest BCUT2D eigenvalue weighted by Crippen LogP contribution is -2.10. The summed E-state index contributed by atoms with van der Waals surface area (Å²) in [6, 6.07) is 1.79. The zero-order valence-corrected chi connectivity index (χ0v) is 10.8. The predicted molar refractivity (Wildman–Crippen MR) is 65.2 cm³/mol. The molecule has 1 aromatic rings. The van der Waals surface area contributed by atoms with E-state index in [-0.39, 0.29) is 15.6 Å². The molecule has 0 fully saturated rings. The maximum atomic E-state index is 13.0. The van der Waals surface area contributed by atoms with Crippen LogP contribution in [0.5, 0.6) is 0 Å². The Morgan fingerprint density at radius 2 is 2.06 bits per heavy atom. The molecule has 0 unspecified atom stereocenters. The Bertz CT molecular complexity index is 558. The van der Waals surface area contributed by atoms with Gasteiger partial charge in [-0.3, -0.25) is 0 Å². The molecule has 0 saturated carbocycles. The number of hydrogen-bond donors (Lipinski definition) is 1. The number of benzene rings is 1. The number of rotatable bonds is 3. The quantitative estimate of drug-likeness (QED) is 0.515. The summed E-state index contributed by atoms with van der Waals surface area (Å²) in [7, 11) is -0.755. The molecule has 1 rings (SSSR count). The van der Waals surface area contributed by atoms with Gasteiger partial charge in [0.15, 0.2) is 0 Å². The van der Waals surface area contributed by atoms with Gasteiger partial charge in [-0.15, -0.1) is 4.40 Å². The predicted octanol–water partition coefficient (Wildman–Crippen LogP) is 1.34. The van der Waals surface area contributed by atoms with Crippen molar-refractivity contribution in [1.82, 2.24) is 4.90 Å². The summed E-state index contributed by atoms with van der Waals surface area (Å²) < 4.78 is 39.8. The maximum Gasteiger partial charge on any atom is 0.285 e. The van der Waals surface area contributed by atoms with Crippen LogP contribution in [-0.4, -0.2) is 33.8 Å². The third-order valence-corrected chi connectivity index (χ3v) is 3.44. The molecule has 2 N–H and O–H groups in total. The molecule has 0 aliphatic rings. The molecule has 94 valence electrons. The number of anilines is 1. The van der Waals surface area contributed by atoms with E-state index < -0.39 is 15.8 Å². The number of halogens is 2.